The third-order valence-electron chi connectivity index (χ3n) is 9.15. The standard InChI is InChI=1S/C41H48O4/c1-10-40(6,7)38(42)32-16-12-30(13-17-32)26-31-14-18-33(19-15-31)39(43)44-36-22-20-34(24-27(36)3)29(5)35-21-23-37(28(4)25-35)45-41(8,9)11-2/h12-25,29H,10-11,26H2,1-9H3. The summed E-state index contributed by atoms with van der Waals surface area (Å²) in [7, 11) is 0. The number of hydrogen-bond acceptors (Lipinski definition) is 4. The topological polar surface area (TPSA) is 52.6 Å². The van der Waals surface area contributed by atoms with Crippen molar-refractivity contribution in [3.8, 4) is 11.5 Å². The van der Waals surface area contributed by atoms with Crippen molar-refractivity contribution in [3.05, 3.63) is 129 Å². The summed E-state index contributed by atoms with van der Waals surface area (Å²) < 4.78 is 12.0. The van der Waals surface area contributed by atoms with Gasteiger partial charge in [-0.3, -0.25) is 4.79 Å². The van der Waals surface area contributed by atoms with E-state index in [1.165, 1.54) is 5.56 Å². The Labute approximate surface area is 269 Å². The number of ketones is 1. The predicted molar refractivity (Wildman–Crippen MR) is 184 cm³/mol. The number of carbonyl (C=O) groups excluding carboxylic acids is 2. The Morgan fingerprint density at radius 1 is 0.667 bits per heavy atom. The molecule has 4 heteroatoms. The fraction of sp³-hybridized carbons (Fsp3) is 0.366. The van der Waals surface area contributed by atoms with Gasteiger partial charge in [0.15, 0.2) is 5.78 Å². The summed E-state index contributed by atoms with van der Waals surface area (Å²) in [5.41, 5.74) is 7.28. The van der Waals surface area contributed by atoms with E-state index in [2.05, 4.69) is 58.9 Å². The molecule has 4 rings (SSSR count). The second-order valence-corrected chi connectivity index (χ2v) is 13.5. The molecule has 0 aliphatic carbocycles. The summed E-state index contributed by atoms with van der Waals surface area (Å²) in [6.45, 7) is 18.6. The maximum absolute atomic E-state index is 13.0. The number of ether oxygens (including phenoxy) is 2. The Kier molecular flexibility index (Phi) is 10.4. The first-order valence-electron chi connectivity index (χ1n) is 16.1. The average molecular weight is 605 g/mol. The number of carbonyl (C=O) groups is 2. The molecule has 0 fully saturated rings. The molecule has 4 nitrogen and oxygen atoms in total. The molecule has 0 spiro atoms. The summed E-state index contributed by atoms with van der Waals surface area (Å²) in [6, 6.07) is 27.8. The van der Waals surface area contributed by atoms with Gasteiger partial charge in [0.2, 0.25) is 0 Å². The molecule has 1 atom stereocenters. The molecule has 236 valence electrons. The lowest BCUT2D eigenvalue weighted by atomic mass is 9.82. The van der Waals surface area contributed by atoms with Gasteiger partial charge < -0.3 is 9.47 Å². The van der Waals surface area contributed by atoms with Crippen LogP contribution in [0.1, 0.15) is 121 Å². The highest BCUT2D eigenvalue weighted by Crippen LogP contribution is 2.33. The Balaban J connectivity index is 1.38. The van der Waals surface area contributed by atoms with Crippen LogP contribution in [0.3, 0.4) is 0 Å². The maximum Gasteiger partial charge on any atom is 0.343 e. The zero-order chi connectivity index (χ0) is 32.9. The molecule has 45 heavy (non-hydrogen) atoms. The van der Waals surface area contributed by atoms with Gasteiger partial charge in [-0.15, -0.1) is 0 Å². The monoisotopic (exact) mass is 604 g/mol. The van der Waals surface area contributed by atoms with Crippen LogP contribution in [-0.4, -0.2) is 17.4 Å². The number of Topliss-reactive ketones (excluding diaryl/α,β-unsaturated/α-hetero) is 1. The molecule has 0 aliphatic rings. The van der Waals surface area contributed by atoms with Crippen molar-refractivity contribution < 1.29 is 19.1 Å². The van der Waals surface area contributed by atoms with Crippen LogP contribution in [0.25, 0.3) is 0 Å². The highest BCUT2D eigenvalue weighted by atomic mass is 16.5. The van der Waals surface area contributed by atoms with E-state index in [0.717, 1.165) is 52.0 Å². The molecular formula is C41H48O4. The van der Waals surface area contributed by atoms with Gasteiger partial charge in [-0.1, -0.05) is 95.3 Å². The lowest BCUT2D eigenvalue weighted by Gasteiger charge is -2.26. The van der Waals surface area contributed by atoms with E-state index in [1.54, 1.807) is 0 Å². The van der Waals surface area contributed by atoms with Gasteiger partial charge in [0.05, 0.1) is 5.56 Å². The molecular weight excluding hydrogens is 556 g/mol. The second kappa shape index (κ2) is 13.9. The number of esters is 1. The van der Waals surface area contributed by atoms with E-state index in [1.807, 2.05) is 88.4 Å². The van der Waals surface area contributed by atoms with Gasteiger partial charge in [0.1, 0.15) is 17.1 Å². The van der Waals surface area contributed by atoms with Crippen molar-refractivity contribution in [2.45, 2.75) is 93.1 Å². The molecule has 0 aromatic heterocycles. The number of benzene rings is 4. The number of aryl methyl sites for hydroxylation is 2. The first kappa shape index (κ1) is 33.7. The molecule has 4 aromatic carbocycles. The molecule has 1 unspecified atom stereocenters. The summed E-state index contributed by atoms with van der Waals surface area (Å²) in [6.07, 6.45) is 2.45. The minimum atomic E-state index is -0.381. The highest BCUT2D eigenvalue weighted by Gasteiger charge is 2.26. The molecule has 0 N–H and O–H groups in total. The fourth-order valence-electron chi connectivity index (χ4n) is 5.15. The van der Waals surface area contributed by atoms with Crippen LogP contribution in [0, 0.1) is 19.3 Å². The van der Waals surface area contributed by atoms with E-state index >= 15 is 0 Å². The average Bonchev–Trinajstić information content (AvgIpc) is 3.03. The van der Waals surface area contributed by atoms with Crippen molar-refractivity contribution in [2.75, 3.05) is 0 Å². The fourth-order valence-corrected chi connectivity index (χ4v) is 5.15. The summed E-state index contributed by atoms with van der Waals surface area (Å²) in [4.78, 5) is 25.7. The normalized spacial score (nSPS) is 12.5. The Morgan fingerprint density at radius 3 is 1.62 bits per heavy atom. The molecule has 0 amide bonds. The van der Waals surface area contributed by atoms with Gasteiger partial charge in [-0.25, -0.2) is 4.79 Å². The van der Waals surface area contributed by atoms with Crippen molar-refractivity contribution >= 4 is 11.8 Å². The molecule has 0 saturated carbocycles. The summed E-state index contributed by atoms with van der Waals surface area (Å²) in [5, 5.41) is 0. The first-order chi connectivity index (χ1) is 21.2. The number of hydrogen-bond donors (Lipinski definition) is 0. The van der Waals surface area contributed by atoms with Crippen LogP contribution in [-0.2, 0) is 6.42 Å². The molecule has 4 aromatic rings. The lowest BCUT2D eigenvalue weighted by Crippen LogP contribution is -2.27. The van der Waals surface area contributed by atoms with Crippen LogP contribution < -0.4 is 9.47 Å². The van der Waals surface area contributed by atoms with Crippen molar-refractivity contribution in [1.82, 2.24) is 0 Å². The Morgan fingerprint density at radius 2 is 1.16 bits per heavy atom. The molecule has 0 radical (unpaired) electrons. The van der Waals surface area contributed by atoms with E-state index in [9.17, 15) is 9.59 Å². The third kappa shape index (κ3) is 8.30. The second-order valence-electron chi connectivity index (χ2n) is 13.5. The Hall–Kier alpha value is -4.18. The molecule has 0 heterocycles. The summed E-state index contributed by atoms with van der Waals surface area (Å²) in [5.74, 6) is 1.44. The molecule has 0 saturated heterocycles. The van der Waals surface area contributed by atoms with Crippen LogP contribution in [0.15, 0.2) is 84.9 Å². The van der Waals surface area contributed by atoms with Crippen molar-refractivity contribution in [2.24, 2.45) is 5.41 Å². The van der Waals surface area contributed by atoms with Gasteiger partial charge in [0, 0.05) is 16.9 Å². The minimum Gasteiger partial charge on any atom is -0.488 e. The van der Waals surface area contributed by atoms with E-state index < -0.39 is 0 Å². The SMILES string of the molecule is CCC(C)(C)Oc1ccc(C(C)c2ccc(OC(=O)c3ccc(Cc4ccc(C(=O)C(C)(C)CC)cc4)cc3)c(C)c2)cc1C. The smallest absolute Gasteiger partial charge is 0.343 e. The van der Waals surface area contributed by atoms with Gasteiger partial charge in [-0.2, -0.15) is 0 Å². The Bertz CT molecular complexity index is 1640. The largest absolute Gasteiger partial charge is 0.488 e. The first-order valence-corrected chi connectivity index (χ1v) is 16.1. The van der Waals surface area contributed by atoms with Crippen molar-refractivity contribution in [1.29, 1.82) is 0 Å². The van der Waals surface area contributed by atoms with Gasteiger partial charge >= 0.3 is 5.97 Å². The third-order valence-corrected chi connectivity index (χ3v) is 9.15. The van der Waals surface area contributed by atoms with Gasteiger partial charge in [-0.05, 0) is 105 Å². The molecule has 0 bridgehead atoms. The zero-order valence-corrected chi connectivity index (χ0v) is 28.4. The van der Waals surface area contributed by atoms with Crippen molar-refractivity contribution in [3.63, 3.8) is 0 Å². The van der Waals surface area contributed by atoms with E-state index in [4.69, 9.17) is 9.47 Å². The van der Waals surface area contributed by atoms with E-state index in [0.29, 0.717) is 17.7 Å². The number of rotatable bonds is 12. The van der Waals surface area contributed by atoms with Crippen LogP contribution in [0.5, 0.6) is 11.5 Å². The van der Waals surface area contributed by atoms with Crippen LogP contribution in [0.2, 0.25) is 0 Å². The lowest BCUT2D eigenvalue weighted by molar-refractivity contribution is 0.0733. The highest BCUT2D eigenvalue weighted by molar-refractivity contribution is 6.00. The van der Waals surface area contributed by atoms with Gasteiger partial charge in [0.25, 0.3) is 0 Å². The maximum atomic E-state index is 13.0. The van der Waals surface area contributed by atoms with Crippen LogP contribution in [0.4, 0.5) is 0 Å². The molecule has 0 aliphatic heterocycles. The minimum absolute atomic E-state index is 0.168. The van der Waals surface area contributed by atoms with E-state index in [-0.39, 0.29) is 28.7 Å². The summed E-state index contributed by atoms with van der Waals surface area (Å²) >= 11 is 0. The predicted octanol–water partition coefficient (Wildman–Crippen LogP) is 10.5. The zero-order valence-electron chi connectivity index (χ0n) is 28.4. The van der Waals surface area contributed by atoms with Crippen LogP contribution >= 0.6 is 0 Å². The quantitative estimate of drug-likeness (QED) is 0.0917.